The van der Waals surface area contributed by atoms with Crippen LogP contribution in [0.3, 0.4) is 0 Å². The second-order valence-corrected chi connectivity index (χ2v) is 5.90. The maximum absolute atomic E-state index is 13.6. The van der Waals surface area contributed by atoms with E-state index in [2.05, 4.69) is 34.3 Å². The van der Waals surface area contributed by atoms with Crippen LogP contribution in [0.5, 0.6) is 0 Å². The summed E-state index contributed by atoms with van der Waals surface area (Å²) in [5, 5.41) is 2.61. The number of nitrogens with two attached hydrogens (primary N) is 1. The Morgan fingerprint density at radius 2 is 2.08 bits per heavy atom. The number of halogens is 2. The monoisotopic (exact) mass is 330 g/mol. The molecule has 0 aliphatic carbocycles. The molecule has 0 fully saturated rings. The molecule has 1 aliphatic heterocycles. The highest BCUT2D eigenvalue weighted by atomic mass is 19.1. The van der Waals surface area contributed by atoms with Crippen molar-refractivity contribution in [1.29, 1.82) is 0 Å². The summed E-state index contributed by atoms with van der Waals surface area (Å²) in [4.78, 5) is 6.55. The van der Waals surface area contributed by atoms with Crippen LogP contribution in [-0.4, -0.2) is 25.1 Å². The number of guanidine groups is 1. The lowest BCUT2D eigenvalue weighted by Crippen LogP contribution is -2.35. The van der Waals surface area contributed by atoms with E-state index in [1.165, 1.54) is 11.3 Å². The van der Waals surface area contributed by atoms with Crippen molar-refractivity contribution in [2.75, 3.05) is 23.3 Å². The molecule has 2 aromatic rings. The number of rotatable bonds is 4. The minimum Gasteiger partial charge on any atom is -0.370 e. The van der Waals surface area contributed by atoms with Crippen LogP contribution in [0.1, 0.15) is 12.5 Å². The standard InChI is InChI=1S/C18H20F2N4/c1-12(24-9-8-13-4-2-3-5-17(13)24)11-22-18(21)23-16-10-14(19)6-7-15(16)20/h2-7,10,12H,8-9,11H2,1H3,(H3,21,22,23). The van der Waals surface area contributed by atoms with E-state index in [0.717, 1.165) is 31.2 Å². The van der Waals surface area contributed by atoms with Gasteiger partial charge in [-0.2, -0.15) is 0 Å². The van der Waals surface area contributed by atoms with Crippen LogP contribution < -0.4 is 16.0 Å². The van der Waals surface area contributed by atoms with Gasteiger partial charge in [0, 0.05) is 24.3 Å². The molecular formula is C18H20F2N4. The van der Waals surface area contributed by atoms with Gasteiger partial charge in [-0.05, 0) is 37.1 Å². The van der Waals surface area contributed by atoms with Crippen molar-refractivity contribution in [3.05, 3.63) is 59.7 Å². The van der Waals surface area contributed by atoms with E-state index in [0.29, 0.717) is 6.54 Å². The normalized spacial score (nSPS) is 15.3. The van der Waals surface area contributed by atoms with E-state index in [4.69, 9.17) is 5.73 Å². The van der Waals surface area contributed by atoms with Gasteiger partial charge in [0.1, 0.15) is 11.6 Å². The van der Waals surface area contributed by atoms with Crippen molar-refractivity contribution >= 4 is 17.3 Å². The van der Waals surface area contributed by atoms with E-state index in [1.807, 2.05) is 12.1 Å². The van der Waals surface area contributed by atoms with E-state index in [1.54, 1.807) is 0 Å². The third-order valence-corrected chi connectivity index (χ3v) is 4.17. The molecule has 0 amide bonds. The Balaban J connectivity index is 1.64. The molecule has 2 aromatic carbocycles. The summed E-state index contributed by atoms with van der Waals surface area (Å²) in [6, 6.07) is 11.6. The molecule has 0 radical (unpaired) electrons. The lowest BCUT2D eigenvalue weighted by Gasteiger charge is -2.26. The molecular weight excluding hydrogens is 310 g/mol. The summed E-state index contributed by atoms with van der Waals surface area (Å²) < 4.78 is 26.8. The predicted octanol–water partition coefficient (Wildman–Crippen LogP) is 3.14. The summed E-state index contributed by atoms with van der Waals surface area (Å²) in [6.07, 6.45) is 1.02. The molecule has 1 heterocycles. The van der Waals surface area contributed by atoms with Gasteiger partial charge in [-0.25, -0.2) is 8.78 Å². The first-order chi connectivity index (χ1) is 11.5. The third-order valence-electron chi connectivity index (χ3n) is 4.17. The van der Waals surface area contributed by atoms with E-state index >= 15 is 0 Å². The van der Waals surface area contributed by atoms with Crippen LogP contribution in [0, 0.1) is 11.6 Å². The number of hydrogen-bond acceptors (Lipinski definition) is 2. The Bertz CT molecular complexity index is 760. The molecule has 0 spiro atoms. The minimum absolute atomic E-state index is 0.0181. The smallest absolute Gasteiger partial charge is 0.193 e. The van der Waals surface area contributed by atoms with Gasteiger partial charge in [-0.3, -0.25) is 4.99 Å². The van der Waals surface area contributed by atoms with Gasteiger partial charge in [0.2, 0.25) is 0 Å². The number of para-hydroxylation sites is 1. The SMILES string of the molecule is CC(CN=C(N)Nc1cc(F)ccc1F)N1CCc2ccccc21. The van der Waals surface area contributed by atoms with Gasteiger partial charge in [0.15, 0.2) is 5.96 Å². The largest absolute Gasteiger partial charge is 0.370 e. The van der Waals surface area contributed by atoms with Crippen molar-refractivity contribution in [2.24, 2.45) is 10.7 Å². The predicted molar refractivity (Wildman–Crippen MR) is 93.4 cm³/mol. The molecule has 0 saturated heterocycles. The highest BCUT2D eigenvalue weighted by Crippen LogP contribution is 2.29. The van der Waals surface area contributed by atoms with Crippen molar-refractivity contribution in [3.8, 4) is 0 Å². The first kappa shape index (κ1) is 16.2. The summed E-state index contributed by atoms with van der Waals surface area (Å²) in [7, 11) is 0. The second kappa shape index (κ2) is 6.86. The van der Waals surface area contributed by atoms with E-state index in [9.17, 15) is 8.78 Å². The molecule has 1 aliphatic rings. The Labute approximate surface area is 140 Å². The zero-order valence-electron chi connectivity index (χ0n) is 13.5. The molecule has 4 nitrogen and oxygen atoms in total. The molecule has 0 aromatic heterocycles. The number of nitrogens with one attached hydrogen (secondary N) is 1. The van der Waals surface area contributed by atoms with Gasteiger partial charge < -0.3 is 16.0 Å². The van der Waals surface area contributed by atoms with Crippen molar-refractivity contribution in [2.45, 2.75) is 19.4 Å². The van der Waals surface area contributed by atoms with Gasteiger partial charge in [0.05, 0.1) is 12.2 Å². The highest BCUT2D eigenvalue weighted by Gasteiger charge is 2.22. The van der Waals surface area contributed by atoms with Gasteiger partial charge in [0.25, 0.3) is 0 Å². The van der Waals surface area contributed by atoms with E-state index in [-0.39, 0.29) is 17.7 Å². The molecule has 0 saturated carbocycles. The average molecular weight is 330 g/mol. The summed E-state index contributed by atoms with van der Waals surface area (Å²) >= 11 is 0. The molecule has 6 heteroatoms. The van der Waals surface area contributed by atoms with Crippen LogP contribution >= 0.6 is 0 Å². The number of anilines is 2. The lowest BCUT2D eigenvalue weighted by molar-refractivity contribution is 0.604. The van der Waals surface area contributed by atoms with Crippen LogP contribution in [0.4, 0.5) is 20.2 Å². The Hall–Kier alpha value is -2.63. The van der Waals surface area contributed by atoms with Crippen molar-refractivity contribution in [1.82, 2.24) is 0 Å². The topological polar surface area (TPSA) is 53.6 Å². The maximum atomic E-state index is 13.6. The van der Waals surface area contributed by atoms with Gasteiger partial charge in [-0.15, -0.1) is 0 Å². The number of benzene rings is 2. The molecule has 24 heavy (non-hydrogen) atoms. The maximum Gasteiger partial charge on any atom is 0.193 e. The molecule has 1 unspecified atom stereocenters. The fraction of sp³-hybridized carbons (Fsp3) is 0.278. The lowest BCUT2D eigenvalue weighted by atomic mass is 10.2. The second-order valence-electron chi connectivity index (χ2n) is 5.90. The zero-order chi connectivity index (χ0) is 17.1. The van der Waals surface area contributed by atoms with Gasteiger partial charge in [-0.1, -0.05) is 18.2 Å². The van der Waals surface area contributed by atoms with Crippen LogP contribution in [0.2, 0.25) is 0 Å². The molecule has 3 rings (SSSR count). The van der Waals surface area contributed by atoms with E-state index < -0.39 is 11.6 Å². The van der Waals surface area contributed by atoms with Crippen molar-refractivity contribution < 1.29 is 8.78 Å². The number of hydrogen-bond donors (Lipinski definition) is 2. The van der Waals surface area contributed by atoms with Crippen LogP contribution in [0.15, 0.2) is 47.5 Å². The number of fused-ring (bicyclic) bond motifs is 1. The summed E-state index contributed by atoms with van der Waals surface area (Å²) in [6.45, 7) is 3.48. The fourth-order valence-corrected chi connectivity index (χ4v) is 2.92. The molecule has 1 atom stereocenters. The summed E-state index contributed by atoms with van der Waals surface area (Å²) in [5.74, 6) is -1.04. The number of nitrogens with zero attached hydrogens (tertiary/aromatic N) is 2. The molecule has 3 N–H and O–H groups in total. The Morgan fingerprint density at radius 3 is 2.92 bits per heavy atom. The fourth-order valence-electron chi connectivity index (χ4n) is 2.92. The first-order valence-electron chi connectivity index (χ1n) is 7.91. The zero-order valence-corrected chi connectivity index (χ0v) is 13.5. The Kier molecular flexibility index (Phi) is 4.64. The summed E-state index contributed by atoms with van der Waals surface area (Å²) in [5.41, 5.74) is 8.34. The Morgan fingerprint density at radius 1 is 1.29 bits per heavy atom. The highest BCUT2D eigenvalue weighted by molar-refractivity contribution is 5.92. The van der Waals surface area contributed by atoms with Gasteiger partial charge >= 0.3 is 0 Å². The first-order valence-corrected chi connectivity index (χ1v) is 7.91. The molecule has 126 valence electrons. The van der Waals surface area contributed by atoms with Crippen LogP contribution in [-0.2, 0) is 6.42 Å². The molecule has 0 bridgehead atoms. The quantitative estimate of drug-likeness (QED) is 0.669. The van der Waals surface area contributed by atoms with Crippen molar-refractivity contribution in [3.63, 3.8) is 0 Å². The minimum atomic E-state index is -0.573. The third kappa shape index (κ3) is 3.48. The average Bonchev–Trinajstić information content (AvgIpc) is 3.00. The number of aliphatic imine (C=N–C) groups is 1. The van der Waals surface area contributed by atoms with Crippen LogP contribution in [0.25, 0.3) is 0 Å².